The van der Waals surface area contributed by atoms with Crippen molar-refractivity contribution in [3.05, 3.63) is 34.3 Å². The number of nitrogens with zero attached hydrogens (tertiary/aromatic N) is 4. The molecule has 0 saturated heterocycles. The lowest BCUT2D eigenvalue weighted by Gasteiger charge is -2.21. The summed E-state index contributed by atoms with van der Waals surface area (Å²) in [6.07, 6.45) is 3.93. The summed E-state index contributed by atoms with van der Waals surface area (Å²) in [7, 11) is 0. The zero-order valence-electron chi connectivity index (χ0n) is 11.1. The molecule has 2 N–H and O–H groups in total. The number of rotatable bonds is 6. The van der Waals surface area contributed by atoms with Crippen molar-refractivity contribution >= 4 is 17.2 Å². The van der Waals surface area contributed by atoms with Gasteiger partial charge in [-0.3, -0.25) is 4.79 Å². The summed E-state index contributed by atoms with van der Waals surface area (Å²) in [4.78, 5) is 14.4. The van der Waals surface area contributed by atoms with E-state index in [1.807, 2.05) is 10.3 Å². The second-order valence-electron chi connectivity index (χ2n) is 5.00. The van der Waals surface area contributed by atoms with Crippen LogP contribution >= 0.6 is 11.3 Å². The van der Waals surface area contributed by atoms with E-state index in [0.29, 0.717) is 24.8 Å². The molecule has 2 aromatic rings. The molecule has 0 unspecified atom stereocenters. The molecule has 0 spiro atoms. The minimum absolute atomic E-state index is 0.0900. The molecule has 20 heavy (non-hydrogen) atoms. The van der Waals surface area contributed by atoms with Gasteiger partial charge in [0.05, 0.1) is 11.9 Å². The second kappa shape index (κ2) is 5.72. The van der Waals surface area contributed by atoms with Crippen LogP contribution in [0.5, 0.6) is 0 Å². The third-order valence-electron chi connectivity index (χ3n) is 3.33. The molecule has 1 amide bonds. The Bertz CT molecular complexity index is 575. The third-order valence-corrected chi connectivity index (χ3v) is 4.07. The molecule has 1 aliphatic rings. The van der Waals surface area contributed by atoms with Crippen molar-refractivity contribution in [3.63, 3.8) is 0 Å². The zero-order chi connectivity index (χ0) is 13.9. The summed E-state index contributed by atoms with van der Waals surface area (Å²) in [6, 6.07) is 2.45. The lowest BCUT2D eigenvalue weighted by atomic mass is 10.3. The van der Waals surface area contributed by atoms with Crippen molar-refractivity contribution in [2.75, 3.05) is 0 Å². The van der Waals surface area contributed by atoms with E-state index in [1.54, 1.807) is 22.2 Å². The van der Waals surface area contributed by atoms with Crippen LogP contribution in [0, 0.1) is 0 Å². The number of carbonyl (C=O) groups excluding carboxylic acids is 1. The predicted octanol–water partition coefficient (Wildman–Crippen LogP) is 0.989. The molecule has 0 radical (unpaired) electrons. The molecule has 1 saturated carbocycles. The van der Waals surface area contributed by atoms with Crippen LogP contribution in [0.15, 0.2) is 23.0 Å². The van der Waals surface area contributed by atoms with Crippen LogP contribution in [0.3, 0.4) is 0 Å². The van der Waals surface area contributed by atoms with Crippen LogP contribution in [0.2, 0.25) is 0 Å². The summed E-state index contributed by atoms with van der Waals surface area (Å²) in [6.45, 7) is 1.26. The topological polar surface area (TPSA) is 77.0 Å². The van der Waals surface area contributed by atoms with Crippen molar-refractivity contribution in [1.29, 1.82) is 0 Å². The lowest BCUT2D eigenvalue weighted by molar-refractivity contribution is -0.133. The Labute approximate surface area is 121 Å². The highest BCUT2D eigenvalue weighted by molar-refractivity contribution is 7.07. The minimum Gasteiger partial charge on any atom is -0.334 e. The highest BCUT2D eigenvalue weighted by atomic mass is 32.1. The molecule has 7 heteroatoms. The van der Waals surface area contributed by atoms with E-state index in [4.69, 9.17) is 5.73 Å². The molecule has 1 aliphatic carbocycles. The van der Waals surface area contributed by atoms with Crippen molar-refractivity contribution in [2.45, 2.75) is 38.5 Å². The molecule has 106 valence electrons. The summed E-state index contributed by atoms with van der Waals surface area (Å²) >= 11 is 1.66. The predicted molar refractivity (Wildman–Crippen MR) is 75.8 cm³/mol. The number of aromatic nitrogens is 3. The average molecular weight is 291 g/mol. The standard InChI is InChI=1S/C13H17N5OS/c14-5-11-7-17(16-15-11)8-13(19)18(12-1-2-12)6-10-3-4-20-9-10/h3-4,7,9,12H,1-2,5-6,8,14H2. The molecule has 0 aromatic carbocycles. The van der Waals surface area contributed by atoms with Gasteiger partial charge in [0.1, 0.15) is 6.54 Å². The molecular formula is C13H17N5OS. The number of nitrogens with two attached hydrogens (primary N) is 1. The SMILES string of the molecule is NCc1cn(CC(=O)N(Cc2ccsc2)C2CC2)nn1. The number of thiophene rings is 1. The number of hydrogen-bond acceptors (Lipinski definition) is 5. The van der Waals surface area contributed by atoms with Gasteiger partial charge in [0.2, 0.25) is 5.91 Å². The maximum Gasteiger partial charge on any atom is 0.244 e. The Kier molecular flexibility index (Phi) is 3.79. The van der Waals surface area contributed by atoms with Crippen molar-refractivity contribution < 1.29 is 4.79 Å². The molecule has 0 bridgehead atoms. The zero-order valence-corrected chi connectivity index (χ0v) is 11.9. The number of carbonyl (C=O) groups is 1. The highest BCUT2D eigenvalue weighted by Crippen LogP contribution is 2.29. The third kappa shape index (κ3) is 3.05. The highest BCUT2D eigenvalue weighted by Gasteiger charge is 2.32. The van der Waals surface area contributed by atoms with Gasteiger partial charge in [0, 0.05) is 19.1 Å². The van der Waals surface area contributed by atoms with E-state index in [9.17, 15) is 4.79 Å². The summed E-state index contributed by atoms with van der Waals surface area (Å²) in [5, 5.41) is 12.0. The molecule has 0 atom stereocenters. The van der Waals surface area contributed by atoms with Gasteiger partial charge >= 0.3 is 0 Å². The number of hydrogen-bond donors (Lipinski definition) is 1. The first-order valence-corrected chi connectivity index (χ1v) is 7.60. The van der Waals surface area contributed by atoms with E-state index < -0.39 is 0 Å². The van der Waals surface area contributed by atoms with Crippen molar-refractivity contribution in [2.24, 2.45) is 5.73 Å². The van der Waals surface area contributed by atoms with E-state index >= 15 is 0 Å². The smallest absolute Gasteiger partial charge is 0.244 e. The van der Waals surface area contributed by atoms with Crippen LogP contribution in [-0.2, 0) is 24.4 Å². The van der Waals surface area contributed by atoms with E-state index in [2.05, 4.69) is 21.8 Å². The molecule has 2 heterocycles. The molecule has 1 fully saturated rings. The van der Waals surface area contributed by atoms with Gasteiger partial charge in [0.15, 0.2) is 0 Å². The Morgan fingerprint density at radius 1 is 1.55 bits per heavy atom. The Morgan fingerprint density at radius 3 is 3.00 bits per heavy atom. The van der Waals surface area contributed by atoms with E-state index in [-0.39, 0.29) is 12.5 Å². The average Bonchev–Trinajstić information content (AvgIpc) is 2.98. The maximum atomic E-state index is 12.4. The molecule has 6 nitrogen and oxygen atoms in total. The summed E-state index contributed by atoms with van der Waals surface area (Å²) in [5.74, 6) is 0.0900. The monoisotopic (exact) mass is 291 g/mol. The maximum absolute atomic E-state index is 12.4. The summed E-state index contributed by atoms with van der Waals surface area (Å²) < 4.78 is 1.56. The number of amides is 1. The normalized spacial score (nSPS) is 14.4. The van der Waals surface area contributed by atoms with Gasteiger partial charge in [-0.05, 0) is 35.2 Å². The van der Waals surface area contributed by atoms with Crippen LogP contribution in [0.1, 0.15) is 24.1 Å². The molecule has 2 aromatic heterocycles. The largest absolute Gasteiger partial charge is 0.334 e. The molecule has 3 rings (SSSR count). The first-order chi connectivity index (χ1) is 9.76. The van der Waals surface area contributed by atoms with Gasteiger partial charge in [-0.25, -0.2) is 4.68 Å². The second-order valence-corrected chi connectivity index (χ2v) is 5.78. The van der Waals surface area contributed by atoms with Gasteiger partial charge in [-0.15, -0.1) is 5.10 Å². The van der Waals surface area contributed by atoms with Gasteiger partial charge in [0.25, 0.3) is 0 Å². The first kappa shape index (κ1) is 13.3. The van der Waals surface area contributed by atoms with Gasteiger partial charge < -0.3 is 10.6 Å². The Morgan fingerprint density at radius 2 is 2.40 bits per heavy atom. The quantitative estimate of drug-likeness (QED) is 0.861. The lowest BCUT2D eigenvalue weighted by Crippen LogP contribution is -2.35. The Hall–Kier alpha value is -1.73. The van der Waals surface area contributed by atoms with Crippen LogP contribution in [-0.4, -0.2) is 31.8 Å². The summed E-state index contributed by atoms with van der Waals surface area (Å²) in [5.41, 5.74) is 7.39. The van der Waals surface area contributed by atoms with Crippen LogP contribution in [0.4, 0.5) is 0 Å². The van der Waals surface area contributed by atoms with Crippen molar-refractivity contribution in [3.8, 4) is 0 Å². The van der Waals surface area contributed by atoms with Crippen molar-refractivity contribution in [1.82, 2.24) is 19.9 Å². The van der Waals surface area contributed by atoms with E-state index in [1.165, 1.54) is 5.56 Å². The minimum atomic E-state index is 0.0900. The van der Waals surface area contributed by atoms with E-state index in [0.717, 1.165) is 12.8 Å². The fourth-order valence-corrected chi connectivity index (χ4v) is 2.79. The van der Waals surface area contributed by atoms with Crippen LogP contribution < -0.4 is 5.73 Å². The fourth-order valence-electron chi connectivity index (χ4n) is 2.13. The molecule has 0 aliphatic heterocycles. The molecular weight excluding hydrogens is 274 g/mol. The Balaban J connectivity index is 1.66. The first-order valence-electron chi connectivity index (χ1n) is 6.66. The van der Waals surface area contributed by atoms with Gasteiger partial charge in [-0.2, -0.15) is 11.3 Å². The fraction of sp³-hybridized carbons (Fsp3) is 0.462. The van der Waals surface area contributed by atoms with Crippen LogP contribution in [0.25, 0.3) is 0 Å². The van der Waals surface area contributed by atoms with Gasteiger partial charge in [-0.1, -0.05) is 5.21 Å².